The number of guanidine groups is 1. The maximum absolute atomic E-state index is 12.3. The molecule has 3 unspecified atom stereocenters. The van der Waals surface area contributed by atoms with E-state index in [1.807, 2.05) is 6.92 Å². The third kappa shape index (κ3) is 5.85. The van der Waals surface area contributed by atoms with E-state index >= 15 is 0 Å². The van der Waals surface area contributed by atoms with Gasteiger partial charge in [-0.05, 0) is 57.1 Å². The monoisotopic (exact) mass is 433 g/mol. The normalized spacial score (nSPS) is 25.5. The number of nitrogens with one attached hydrogen (secondary N) is 2. The Morgan fingerprint density at radius 1 is 1.23 bits per heavy atom. The largest absolute Gasteiger partial charge is 0.381 e. The molecule has 1 aliphatic carbocycles. The van der Waals surface area contributed by atoms with E-state index < -0.39 is 10.8 Å². The van der Waals surface area contributed by atoms with E-state index in [0.29, 0.717) is 11.3 Å². The second kappa shape index (κ2) is 11.3. The minimum atomic E-state index is -0.709. The van der Waals surface area contributed by atoms with Gasteiger partial charge in [0.15, 0.2) is 5.96 Å². The summed E-state index contributed by atoms with van der Waals surface area (Å²) >= 11 is 0. The molecule has 0 spiro atoms. The van der Waals surface area contributed by atoms with Gasteiger partial charge >= 0.3 is 0 Å². The lowest BCUT2D eigenvalue weighted by Gasteiger charge is -2.38. The number of aliphatic imine (C=N–C) groups is 1. The quantitative estimate of drug-likeness (QED) is 0.509. The summed E-state index contributed by atoms with van der Waals surface area (Å²) in [6.45, 7) is 9.52. The van der Waals surface area contributed by atoms with Crippen molar-refractivity contribution in [1.82, 2.24) is 10.6 Å². The summed E-state index contributed by atoms with van der Waals surface area (Å²) in [6.07, 6.45) is 6.32. The van der Waals surface area contributed by atoms with Crippen LogP contribution in [0.3, 0.4) is 0 Å². The highest BCUT2D eigenvalue weighted by Gasteiger charge is 2.35. The van der Waals surface area contributed by atoms with Crippen molar-refractivity contribution in [1.29, 1.82) is 0 Å². The molecule has 1 aliphatic heterocycles. The Hall–Kier alpha value is -1.40. The van der Waals surface area contributed by atoms with Crippen molar-refractivity contribution >= 4 is 16.8 Å². The molecule has 30 heavy (non-hydrogen) atoms. The highest BCUT2D eigenvalue weighted by Crippen LogP contribution is 2.37. The lowest BCUT2D eigenvalue weighted by atomic mass is 9.72. The molecule has 0 bridgehead atoms. The van der Waals surface area contributed by atoms with Crippen molar-refractivity contribution in [3.8, 4) is 0 Å². The highest BCUT2D eigenvalue weighted by molar-refractivity contribution is 7.85. The Balaban J connectivity index is 1.75. The minimum Gasteiger partial charge on any atom is -0.381 e. The first-order valence-electron chi connectivity index (χ1n) is 11.6. The smallest absolute Gasteiger partial charge is 0.191 e. The second-order valence-corrected chi connectivity index (χ2v) is 10.7. The summed E-state index contributed by atoms with van der Waals surface area (Å²) in [5.74, 6) is 1.65. The Bertz CT molecular complexity index is 731. The lowest BCUT2D eigenvalue weighted by molar-refractivity contribution is 0.0529. The van der Waals surface area contributed by atoms with Gasteiger partial charge in [-0.25, -0.2) is 0 Å². The lowest BCUT2D eigenvalue weighted by Crippen LogP contribution is -2.47. The first-order chi connectivity index (χ1) is 14.6. The summed E-state index contributed by atoms with van der Waals surface area (Å²) in [6, 6.07) is 9.07. The molecular weight excluding hydrogens is 394 g/mol. The number of ether oxygens (including phenoxy) is 1. The third-order valence-corrected chi connectivity index (χ3v) is 8.41. The van der Waals surface area contributed by atoms with Gasteiger partial charge in [-0.2, -0.15) is 0 Å². The fourth-order valence-electron chi connectivity index (χ4n) is 4.94. The van der Waals surface area contributed by atoms with Crippen LogP contribution in [0.5, 0.6) is 0 Å². The molecule has 6 heteroatoms. The molecule has 1 saturated heterocycles. The first-order valence-corrected chi connectivity index (χ1v) is 13.0. The molecule has 1 heterocycles. The Morgan fingerprint density at radius 2 is 2.00 bits per heavy atom. The molecule has 1 saturated carbocycles. The van der Waals surface area contributed by atoms with E-state index in [4.69, 9.17) is 9.73 Å². The van der Waals surface area contributed by atoms with Gasteiger partial charge in [-0.15, -0.1) is 0 Å². The topological polar surface area (TPSA) is 62.7 Å². The van der Waals surface area contributed by atoms with Crippen LogP contribution >= 0.6 is 0 Å². The van der Waals surface area contributed by atoms with Crippen LogP contribution in [0, 0.1) is 6.92 Å². The summed E-state index contributed by atoms with van der Waals surface area (Å²) in [5, 5.41) is 7.42. The molecule has 168 valence electrons. The van der Waals surface area contributed by atoms with Gasteiger partial charge in [0.25, 0.3) is 0 Å². The van der Waals surface area contributed by atoms with Crippen molar-refractivity contribution in [2.45, 2.75) is 76.0 Å². The van der Waals surface area contributed by atoms with E-state index in [1.54, 1.807) is 0 Å². The number of benzene rings is 1. The van der Waals surface area contributed by atoms with Crippen molar-refractivity contribution in [3.05, 3.63) is 35.4 Å². The van der Waals surface area contributed by atoms with E-state index in [9.17, 15) is 4.21 Å². The van der Waals surface area contributed by atoms with Crippen LogP contribution in [0.15, 0.2) is 29.3 Å². The molecule has 2 N–H and O–H groups in total. The molecule has 1 aromatic carbocycles. The maximum atomic E-state index is 12.3. The molecule has 1 aromatic rings. The van der Waals surface area contributed by atoms with Crippen LogP contribution in [-0.4, -0.2) is 53.5 Å². The summed E-state index contributed by atoms with van der Waals surface area (Å²) in [4.78, 5) is 5.07. The SMILES string of the molecule is CCNC(=NCC1(c2ccccc2C)CCOCC1)NC1CCCC(S(=O)CC)C1. The summed E-state index contributed by atoms with van der Waals surface area (Å²) in [7, 11) is -0.709. The number of rotatable bonds is 7. The summed E-state index contributed by atoms with van der Waals surface area (Å²) in [5.41, 5.74) is 2.78. The molecule has 3 atom stereocenters. The first kappa shape index (κ1) is 23.3. The molecule has 0 amide bonds. The Morgan fingerprint density at radius 3 is 2.70 bits per heavy atom. The van der Waals surface area contributed by atoms with Crippen LogP contribution in [0.1, 0.15) is 63.5 Å². The van der Waals surface area contributed by atoms with Gasteiger partial charge < -0.3 is 15.4 Å². The molecule has 0 radical (unpaired) electrons. The average Bonchev–Trinajstić information content (AvgIpc) is 2.78. The predicted molar refractivity (Wildman–Crippen MR) is 127 cm³/mol. The van der Waals surface area contributed by atoms with Crippen molar-refractivity contribution in [2.24, 2.45) is 4.99 Å². The Labute approximate surface area is 184 Å². The molecule has 5 nitrogen and oxygen atoms in total. The second-order valence-electron chi connectivity index (χ2n) is 8.70. The van der Waals surface area contributed by atoms with Gasteiger partial charge in [0.2, 0.25) is 0 Å². The molecule has 2 aliphatic rings. The standard InChI is InChI=1S/C24H39N3O2S/c1-4-25-23(27-20-10-8-11-21(17-20)30(28)5-2)26-18-24(13-15-29-16-14-24)22-12-7-6-9-19(22)3/h6-7,9,12,20-21H,4-5,8,10-11,13-18H2,1-3H3,(H2,25,26,27). The van der Waals surface area contributed by atoms with Gasteiger partial charge in [0.1, 0.15) is 0 Å². The molecule has 2 fully saturated rings. The zero-order valence-corrected chi connectivity index (χ0v) is 19.7. The Kier molecular flexibility index (Phi) is 8.75. The number of aryl methyl sites for hydroxylation is 1. The van der Waals surface area contributed by atoms with E-state index in [0.717, 1.165) is 76.5 Å². The van der Waals surface area contributed by atoms with E-state index in [1.165, 1.54) is 11.1 Å². The van der Waals surface area contributed by atoms with Crippen LogP contribution in [-0.2, 0) is 21.0 Å². The van der Waals surface area contributed by atoms with Crippen LogP contribution in [0.25, 0.3) is 0 Å². The fraction of sp³-hybridized carbons (Fsp3) is 0.708. The number of nitrogens with zero attached hydrogens (tertiary/aromatic N) is 1. The third-order valence-electron chi connectivity index (χ3n) is 6.67. The van der Waals surface area contributed by atoms with Crippen molar-refractivity contribution < 1.29 is 8.95 Å². The van der Waals surface area contributed by atoms with Gasteiger partial charge in [0.05, 0.1) is 6.54 Å². The minimum absolute atomic E-state index is 0.0325. The number of hydrogen-bond acceptors (Lipinski definition) is 3. The predicted octanol–water partition coefficient (Wildman–Crippen LogP) is 3.68. The van der Waals surface area contributed by atoms with Gasteiger partial charge in [-0.3, -0.25) is 9.20 Å². The van der Waals surface area contributed by atoms with E-state index in [2.05, 4.69) is 48.7 Å². The molecule has 0 aromatic heterocycles. The van der Waals surface area contributed by atoms with Crippen LogP contribution in [0.4, 0.5) is 0 Å². The van der Waals surface area contributed by atoms with E-state index in [-0.39, 0.29) is 5.41 Å². The average molecular weight is 434 g/mol. The fourth-order valence-corrected chi connectivity index (χ4v) is 6.28. The summed E-state index contributed by atoms with van der Waals surface area (Å²) < 4.78 is 18.0. The number of hydrogen-bond donors (Lipinski definition) is 2. The van der Waals surface area contributed by atoms with Gasteiger partial charge in [-0.1, -0.05) is 37.6 Å². The highest BCUT2D eigenvalue weighted by atomic mass is 32.2. The van der Waals surface area contributed by atoms with Crippen LogP contribution in [0.2, 0.25) is 0 Å². The van der Waals surface area contributed by atoms with Crippen molar-refractivity contribution in [3.63, 3.8) is 0 Å². The maximum Gasteiger partial charge on any atom is 0.191 e. The van der Waals surface area contributed by atoms with Gasteiger partial charge in [0, 0.05) is 53.0 Å². The van der Waals surface area contributed by atoms with Crippen LogP contribution < -0.4 is 10.6 Å². The van der Waals surface area contributed by atoms with Crippen molar-refractivity contribution in [2.75, 3.05) is 32.1 Å². The molecular formula is C24H39N3O2S. The molecule has 3 rings (SSSR count). The zero-order valence-electron chi connectivity index (χ0n) is 18.9. The zero-order chi connectivity index (χ0) is 21.4.